The van der Waals surface area contributed by atoms with E-state index in [9.17, 15) is 24.8 Å². The molecule has 0 amide bonds. The highest BCUT2D eigenvalue weighted by Gasteiger charge is 2.44. The molecule has 1 saturated heterocycles. The van der Waals surface area contributed by atoms with E-state index in [1.165, 1.54) is 10.9 Å². The predicted octanol–water partition coefficient (Wildman–Crippen LogP) is -0.658. The summed E-state index contributed by atoms with van der Waals surface area (Å²) >= 11 is 0. The number of imidazole rings is 1. The zero-order valence-electron chi connectivity index (χ0n) is 13.9. The second kappa shape index (κ2) is 7.16. The fourth-order valence-corrected chi connectivity index (χ4v) is 3.52. The average molecular weight is 390 g/mol. The van der Waals surface area contributed by atoms with Crippen molar-refractivity contribution in [2.75, 3.05) is 6.61 Å². The van der Waals surface area contributed by atoms with Crippen LogP contribution in [0, 0.1) is 0 Å². The van der Waals surface area contributed by atoms with Crippen LogP contribution in [0.3, 0.4) is 0 Å². The van der Waals surface area contributed by atoms with Gasteiger partial charge in [-0.25, -0.2) is 14.5 Å². The van der Waals surface area contributed by atoms with E-state index in [1.54, 1.807) is 13.8 Å². The number of aliphatic hydroxyl groups excluding tert-OH is 3. The lowest BCUT2D eigenvalue weighted by atomic mass is 10.1. The van der Waals surface area contributed by atoms with Crippen LogP contribution in [0.5, 0.6) is 5.88 Å². The molecule has 144 valence electrons. The van der Waals surface area contributed by atoms with E-state index in [-0.39, 0.29) is 17.0 Å². The lowest BCUT2D eigenvalue weighted by Gasteiger charge is -2.17. The molecule has 2 aromatic heterocycles. The standard InChI is InChI=1S/C13H19N4O8P/c1-6(2)24-26(21,22)25-12-8-11(14-4-15-12)17(5-16-8)13-10(20)9(19)7(3-18)23-13/h4-7,9-10,13,18-20H,3H2,1-2H3,(H,21,22)/t7-,9-,10-,13-/m1/s1. The van der Waals surface area contributed by atoms with Crippen LogP contribution in [0.2, 0.25) is 0 Å². The van der Waals surface area contributed by atoms with Gasteiger partial charge >= 0.3 is 7.82 Å². The zero-order valence-corrected chi connectivity index (χ0v) is 14.8. The molecule has 1 aliphatic heterocycles. The number of fused-ring (bicyclic) bond motifs is 1. The highest BCUT2D eigenvalue weighted by Crippen LogP contribution is 2.45. The molecule has 1 unspecified atom stereocenters. The Balaban J connectivity index is 1.93. The van der Waals surface area contributed by atoms with E-state index in [4.69, 9.17) is 13.8 Å². The molecule has 0 spiro atoms. The number of hydrogen-bond donors (Lipinski definition) is 4. The first kappa shape index (κ1) is 19.1. The van der Waals surface area contributed by atoms with Crippen LogP contribution in [0.1, 0.15) is 20.1 Å². The van der Waals surface area contributed by atoms with Crippen molar-refractivity contribution in [1.29, 1.82) is 0 Å². The first-order valence-electron chi connectivity index (χ1n) is 7.74. The van der Waals surface area contributed by atoms with Gasteiger partial charge in [0.15, 0.2) is 17.4 Å². The summed E-state index contributed by atoms with van der Waals surface area (Å²) in [5.41, 5.74) is 0.168. The van der Waals surface area contributed by atoms with Gasteiger partial charge in [-0.2, -0.15) is 4.98 Å². The normalized spacial score (nSPS) is 28.6. The summed E-state index contributed by atoms with van der Waals surface area (Å²) in [5.74, 6) is -0.285. The Morgan fingerprint density at radius 2 is 2.04 bits per heavy atom. The largest absolute Gasteiger partial charge is 0.529 e. The van der Waals surface area contributed by atoms with E-state index in [1.807, 2.05) is 0 Å². The fraction of sp³-hybridized carbons (Fsp3) is 0.615. The van der Waals surface area contributed by atoms with Crippen molar-refractivity contribution in [3.8, 4) is 5.88 Å². The van der Waals surface area contributed by atoms with Crippen molar-refractivity contribution in [3.05, 3.63) is 12.7 Å². The summed E-state index contributed by atoms with van der Waals surface area (Å²) in [4.78, 5) is 21.6. The maximum absolute atomic E-state index is 12.0. The number of rotatable bonds is 6. The Hall–Kier alpha value is -1.66. The molecule has 26 heavy (non-hydrogen) atoms. The van der Waals surface area contributed by atoms with Gasteiger partial charge in [0.1, 0.15) is 24.6 Å². The van der Waals surface area contributed by atoms with Crippen molar-refractivity contribution in [1.82, 2.24) is 19.5 Å². The van der Waals surface area contributed by atoms with Crippen molar-refractivity contribution in [2.45, 2.75) is 44.5 Å². The minimum Gasteiger partial charge on any atom is -0.394 e. The number of aromatic nitrogens is 4. The molecule has 2 aromatic rings. The molecular weight excluding hydrogens is 371 g/mol. The van der Waals surface area contributed by atoms with Crippen LogP contribution in [0.4, 0.5) is 0 Å². The number of ether oxygens (including phenoxy) is 1. The molecule has 0 saturated carbocycles. The van der Waals surface area contributed by atoms with Crippen molar-refractivity contribution >= 4 is 19.0 Å². The number of aliphatic hydroxyl groups is 3. The van der Waals surface area contributed by atoms with Gasteiger partial charge in [-0.3, -0.25) is 14.0 Å². The summed E-state index contributed by atoms with van der Waals surface area (Å²) in [6, 6.07) is 0. The average Bonchev–Trinajstić information content (AvgIpc) is 3.09. The zero-order chi connectivity index (χ0) is 19.1. The van der Waals surface area contributed by atoms with Gasteiger partial charge in [-0.05, 0) is 13.8 Å². The van der Waals surface area contributed by atoms with Gasteiger partial charge in [0.05, 0.1) is 19.0 Å². The number of phosphoric acid groups is 1. The smallest absolute Gasteiger partial charge is 0.394 e. The summed E-state index contributed by atoms with van der Waals surface area (Å²) in [7, 11) is -4.42. The van der Waals surface area contributed by atoms with Crippen molar-refractivity contribution in [2.24, 2.45) is 0 Å². The van der Waals surface area contributed by atoms with Crippen LogP contribution >= 0.6 is 7.82 Å². The van der Waals surface area contributed by atoms with E-state index in [2.05, 4.69) is 15.0 Å². The summed E-state index contributed by atoms with van der Waals surface area (Å²) in [6.45, 7) is 2.65. The Bertz CT molecular complexity index is 830. The summed E-state index contributed by atoms with van der Waals surface area (Å²) in [5, 5.41) is 29.2. The molecule has 0 aromatic carbocycles. The molecule has 3 heterocycles. The third-order valence-electron chi connectivity index (χ3n) is 3.66. The predicted molar refractivity (Wildman–Crippen MR) is 85.0 cm³/mol. The van der Waals surface area contributed by atoms with Gasteiger partial charge in [0, 0.05) is 0 Å². The van der Waals surface area contributed by atoms with E-state index in [0.717, 1.165) is 6.33 Å². The van der Waals surface area contributed by atoms with E-state index >= 15 is 0 Å². The minimum absolute atomic E-state index is 0.0341. The number of phosphoric ester groups is 1. The number of nitrogens with zero attached hydrogens (tertiary/aromatic N) is 4. The molecule has 0 radical (unpaired) electrons. The Morgan fingerprint density at radius 3 is 2.65 bits per heavy atom. The summed E-state index contributed by atoms with van der Waals surface area (Å²) < 4.78 is 28.5. The number of hydrogen-bond acceptors (Lipinski definition) is 10. The topological polar surface area (TPSA) is 169 Å². The lowest BCUT2D eigenvalue weighted by Crippen LogP contribution is -2.33. The second-order valence-electron chi connectivity index (χ2n) is 5.95. The molecule has 1 aliphatic rings. The highest BCUT2D eigenvalue weighted by molar-refractivity contribution is 7.47. The molecule has 5 atom stereocenters. The SMILES string of the molecule is CC(C)OP(=O)(O)Oc1ncnc2c1ncn2[C@@H]1O[C@H](CO)[C@@H](O)[C@H]1O. The first-order chi connectivity index (χ1) is 12.2. The Labute approximate surface area is 147 Å². The Kier molecular flexibility index (Phi) is 5.26. The van der Waals surface area contributed by atoms with Crippen molar-refractivity contribution < 1.29 is 38.6 Å². The molecule has 4 N–H and O–H groups in total. The van der Waals surface area contributed by atoms with Gasteiger partial charge in [0.25, 0.3) is 5.88 Å². The molecule has 0 bridgehead atoms. The van der Waals surface area contributed by atoms with Gasteiger partial charge < -0.3 is 24.6 Å². The maximum atomic E-state index is 12.0. The van der Waals surface area contributed by atoms with Crippen molar-refractivity contribution in [3.63, 3.8) is 0 Å². The lowest BCUT2D eigenvalue weighted by molar-refractivity contribution is -0.0511. The van der Waals surface area contributed by atoms with E-state index < -0.39 is 45.1 Å². The Morgan fingerprint density at radius 1 is 1.31 bits per heavy atom. The third kappa shape index (κ3) is 3.58. The first-order valence-corrected chi connectivity index (χ1v) is 9.24. The van der Waals surface area contributed by atoms with Gasteiger partial charge in [-0.1, -0.05) is 0 Å². The third-order valence-corrected chi connectivity index (χ3v) is 4.75. The van der Waals surface area contributed by atoms with Crippen LogP contribution in [0.15, 0.2) is 12.7 Å². The quantitative estimate of drug-likeness (QED) is 0.462. The van der Waals surface area contributed by atoms with E-state index in [0.29, 0.717) is 0 Å². The maximum Gasteiger partial charge on any atom is 0.529 e. The highest BCUT2D eigenvalue weighted by atomic mass is 31.2. The summed E-state index contributed by atoms with van der Waals surface area (Å²) in [6.07, 6.45) is -2.90. The molecule has 12 nitrogen and oxygen atoms in total. The van der Waals surface area contributed by atoms with Gasteiger partial charge in [-0.15, -0.1) is 0 Å². The fourth-order valence-electron chi connectivity index (χ4n) is 2.59. The van der Waals surface area contributed by atoms with Crippen LogP contribution < -0.4 is 4.52 Å². The van der Waals surface area contributed by atoms with Gasteiger partial charge in [0.2, 0.25) is 0 Å². The van der Waals surface area contributed by atoms with Crippen LogP contribution in [-0.4, -0.2) is 70.8 Å². The molecule has 1 fully saturated rings. The molecule has 3 rings (SSSR count). The monoisotopic (exact) mass is 390 g/mol. The second-order valence-corrected chi connectivity index (χ2v) is 7.28. The minimum atomic E-state index is -4.42. The van der Waals surface area contributed by atoms with Crippen LogP contribution in [-0.2, 0) is 13.8 Å². The molecule has 13 heteroatoms. The van der Waals surface area contributed by atoms with Crippen LogP contribution in [0.25, 0.3) is 11.2 Å². The molecule has 0 aliphatic carbocycles. The molecular formula is C13H19N4O8P.